The minimum Gasteiger partial charge on any atom is -0.480 e. The van der Waals surface area contributed by atoms with Gasteiger partial charge in [0, 0.05) is 35.7 Å². The Morgan fingerprint density at radius 1 is 0.829 bits per heavy atom. The van der Waals surface area contributed by atoms with Crippen molar-refractivity contribution in [3.05, 3.63) is 71.9 Å². The summed E-state index contributed by atoms with van der Waals surface area (Å²) in [6, 6.07) is 12.2. The van der Waals surface area contributed by atoms with Gasteiger partial charge in [-0.15, -0.1) is 0 Å². The summed E-state index contributed by atoms with van der Waals surface area (Å²) in [5, 5.41) is 18.6. The van der Waals surface area contributed by atoms with Crippen LogP contribution < -0.4 is 27.4 Å². The molecule has 4 atom stereocenters. The smallest absolute Gasteiger partial charge is 0.326 e. The van der Waals surface area contributed by atoms with E-state index >= 15 is 0 Å². The molecule has 4 unspecified atom stereocenters. The van der Waals surface area contributed by atoms with Crippen LogP contribution in [0, 0.1) is 0 Å². The number of aromatic amines is 1. The summed E-state index contributed by atoms with van der Waals surface area (Å²) >= 11 is 4.08. The number of carboxylic acids is 1. The predicted octanol–water partition coefficient (Wildman–Crippen LogP) is 0.878. The Morgan fingerprint density at radius 2 is 1.46 bits per heavy atom. The van der Waals surface area contributed by atoms with Gasteiger partial charge >= 0.3 is 5.97 Å². The van der Waals surface area contributed by atoms with Crippen molar-refractivity contribution >= 4 is 47.2 Å². The molecular formula is C29H38N6O5S. The molecule has 41 heavy (non-hydrogen) atoms. The van der Waals surface area contributed by atoms with E-state index in [0.717, 1.165) is 22.0 Å². The van der Waals surface area contributed by atoms with Gasteiger partial charge in [0.15, 0.2) is 0 Å². The first-order valence-electron chi connectivity index (χ1n) is 13.5. The Bertz CT molecular complexity index is 1320. The number of carbonyl (C=O) groups excluding carboxylic acids is 3. The first-order valence-corrected chi connectivity index (χ1v) is 14.2. The maximum Gasteiger partial charge on any atom is 0.326 e. The molecule has 3 aromatic rings. The third-order valence-electron chi connectivity index (χ3n) is 6.74. The molecule has 0 spiro atoms. The number of thiol groups is 1. The zero-order valence-electron chi connectivity index (χ0n) is 22.7. The normalized spacial score (nSPS) is 14.0. The highest BCUT2D eigenvalue weighted by Crippen LogP contribution is 2.19. The fourth-order valence-corrected chi connectivity index (χ4v) is 4.61. The number of hydrogen-bond acceptors (Lipinski definition) is 7. The van der Waals surface area contributed by atoms with Crippen molar-refractivity contribution in [3.8, 4) is 0 Å². The molecule has 220 valence electrons. The molecule has 0 aliphatic carbocycles. The number of rotatable bonds is 16. The van der Waals surface area contributed by atoms with Gasteiger partial charge in [0.05, 0.1) is 6.04 Å². The summed E-state index contributed by atoms with van der Waals surface area (Å²) in [5.41, 5.74) is 13.9. The summed E-state index contributed by atoms with van der Waals surface area (Å²) < 4.78 is 0. The number of H-pyrrole nitrogens is 1. The van der Waals surface area contributed by atoms with Gasteiger partial charge in [-0.25, -0.2) is 4.79 Å². The van der Waals surface area contributed by atoms with E-state index in [4.69, 9.17) is 11.5 Å². The second-order valence-electron chi connectivity index (χ2n) is 9.85. The third-order valence-corrected chi connectivity index (χ3v) is 7.14. The Labute approximate surface area is 244 Å². The monoisotopic (exact) mass is 582 g/mol. The Balaban J connectivity index is 1.81. The van der Waals surface area contributed by atoms with Crippen molar-refractivity contribution in [2.45, 2.75) is 56.3 Å². The van der Waals surface area contributed by atoms with E-state index in [1.807, 2.05) is 30.3 Å². The van der Waals surface area contributed by atoms with Crippen molar-refractivity contribution in [1.29, 1.82) is 0 Å². The molecule has 0 bridgehead atoms. The number of aromatic nitrogens is 1. The maximum absolute atomic E-state index is 13.6. The molecule has 12 heteroatoms. The van der Waals surface area contributed by atoms with Crippen LogP contribution in [0.3, 0.4) is 0 Å². The molecule has 0 saturated carbocycles. The predicted molar refractivity (Wildman–Crippen MR) is 160 cm³/mol. The molecule has 0 fully saturated rings. The molecule has 0 aliphatic rings. The minimum absolute atomic E-state index is 0.0756. The lowest BCUT2D eigenvalue weighted by Crippen LogP contribution is -2.58. The van der Waals surface area contributed by atoms with E-state index < -0.39 is 47.9 Å². The summed E-state index contributed by atoms with van der Waals surface area (Å²) in [4.78, 5) is 54.7. The van der Waals surface area contributed by atoms with Crippen LogP contribution in [-0.4, -0.2) is 70.2 Å². The third kappa shape index (κ3) is 9.34. The van der Waals surface area contributed by atoms with Crippen LogP contribution in [0.1, 0.15) is 30.4 Å². The Hall–Kier alpha value is -3.87. The van der Waals surface area contributed by atoms with Gasteiger partial charge in [-0.3, -0.25) is 14.4 Å². The number of unbranched alkanes of at least 4 members (excludes halogenated alkanes) is 1. The van der Waals surface area contributed by atoms with E-state index in [1.54, 1.807) is 30.5 Å². The molecule has 0 saturated heterocycles. The highest BCUT2D eigenvalue weighted by atomic mass is 32.1. The van der Waals surface area contributed by atoms with Gasteiger partial charge in [-0.05, 0) is 43.0 Å². The van der Waals surface area contributed by atoms with E-state index in [9.17, 15) is 24.3 Å². The van der Waals surface area contributed by atoms with Crippen LogP contribution >= 0.6 is 12.6 Å². The first kappa shape index (κ1) is 31.7. The average molecular weight is 583 g/mol. The van der Waals surface area contributed by atoms with E-state index in [-0.39, 0.29) is 25.0 Å². The standard InChI is InChI=1S/C29H38N6O5S/c30-13-7-6-12-23(27(37)35-25(29(39)40)14-18-8-2-1-3-9-18)33-28(38)24(34-26(36)21(31)17-41)15-19-16-32-22-11-5-4-10-20(19)22/h1-5,8-11,16,21,23-25,32,41H,6-7,12-15,17,30-31H2,(H,33,38)(H,34,36)(H,35,37)(H,39,40). The number of benzene rings is 2. The summed E-state index contributed by atoms with van der Waals surface area (Å²) in [6.07, 6.45) is 3.34. The minimum atomic E-state index is -1.20. The number of hydrogen-bond donors (Lipinski definition) is 8. The number of nitrogens with two attached hydrogens (primary N) is 2. The van der Waals surface area contributed by atoms with Crippen LogP contribution in [0.15, 0.2) is 60.8 Å². The molecule has 0 aliphatic heterocycles. The molecule has 11 nitrogen and oxygen atoms in total. The van der Waals surface area contributed by atoms with Crippen molar-refractivity contribution in [1.82, 2.24) is 20.9 Å². The van der Waals surface area contributed by atoms with Crippen molar-refractivity contribution in [2.75, 3.05) is 12.3 Å². The molecule has 9 N–H and O–H groups in total. The zero-order valence-corrected chi connectivity index (χ0v) is 23.6. The van der Waals surface area contributed by atoms with Gasteiger partial charge in [-0.2, -0.15) is 12.6 Å². The van der Waals surface area contributed by atoms with Crippen molar-refractivity contribution < 1.29 is 24.3 Å². The quantitative estimate of drug-likeness (QED) is 0.0907. The number of aliphatic carboxylic acids is 1. The molecule has 2 aromatic carbocycles. The fraction of sp³-hybridized carbons (Fsp3) is 0.379. The molecule has 3 amide bonds. The molecule has 1 aromatic heterocycles. The summed E-state index contributed by atoms with van der Waals surface area (Å²) in [6.45, 7) is 0.398. The van der Waals surface area contributed by atoms with Gasteiger partial charge in [-0.1, -0.05) is 48.5 Å². The number of amides is 3. The SMILES string of the molecule is NCCCCC(NC(=O)C(Cc1c[nH]c2ccccc12)NC(=O)C(N)CS)C(=O)NC(Cc1ccccc1)C(=O)O. The number of nitrogens with one attached hydrogen (secondary N) is 4. The molecule has 1 heterocycles. The van der Waals surface area contributed by atoms with Crippen LogP contribution in [0.4, 0.5) is 0 Å². The zero-order chi connectivity index (χ0) is 29.8. The number of para-hydroxylation sites is 1. The second-order valence-corrected chi connectivity index (χ2v) is 10.2. The largest absolute Gasteiger partial charge is 0.480 e. The number of carboxylic acid groups (broad SMARTS) is 1. The number of carbonyl (C=O) groups is 4. The Morgan fingerprint density at radius 3 is 2.15 bits per heavy atom. The fourth-order valence-electron chi connectivity index (χ4n) is 4.45. The van der Waals surface area contributed by atoms with Crippen LogP contribution in [0.2, 0.25) is 0 Å². The lowest BCUT2D eigenvalue weighted by Gasteiger charge is -2.25. The van der Waals surface area contributed by atoms with E-state index in [1.165, 1.54) is 0 Å². The lowest BCUT2D eigenvalue weighted by molar-refractivity contribution is -0.142. The van der Waals surface area contributed by atoms with E-state index in [0.29, 0.717) is 19.4 Å². The van der Waals surface area contributed by atoms with Crippen LogP contribution in [-0.2, 0) is 32.0 Å². The van der Waals surface area contributed by atoms with Gasteiger partial charge < -0.3 is 37.5 Å². The highest BCUT2D eigenvalue weighted by molar-refractivity contribution is 7.80. The highest BCUT2D eigenvalue weighted by Gasteiger charge is 2.30. The van der Waals surface area contributed by atoms with Crippen molar-refractivity contribution in [2.24, 2.45) is 11.5 Å². The molecule has 0 radical (unpaired) electrons. The van der Waals surface area contributed by atoms with E-state index in [2.05, 4.69) is 33.6 Å². The summed E-state index contributed by atoms with van der Waals surface area (Å²) in [5.74, 6) is -2.91. The molecular weight excluding hydrogens is 544 g/mol. The topological polar surface area (TPSA) is 192 Å². The molecule has 3 rings (SSSR count). The van der Waals surface area contributed by atoms with Gasteiger partial charge in [0.1, 0.15) is 18.1 Å². The summed E-state index contributed by atoms with van der Waals surface area (Å²) in [7, 11) is 0. The van der Waals surface area contributed by atoms with Crippen LogP contribution in [0.25, 0.3) is 10.9 Å². The average Bonchev–Trinajstić information content (AvgIpc) is 3.38. The second kappa shape index (κ2) is 15.8. The first-order chi connectivity index (χ1) is 19.7. The van der Waals surface area contributed by atoms with Crippen LogP contribution in [0.5, 0.6) is 0 Å². The van der Waals surface area contributed by atoms with Crippen molar-refractivity contribution in [3.63, 3.8) is 0 Å². The van der Waals surface area contributed by atoms with Gasteiger partial charge in [0.2, 0.25) is 17.7 Å². The maximum atomic E-state index is 13.6. The lowest BCUT2D eigenvalue weighted by atomic mass is 10.0. The Kier molecular flexibility index (Phi) is 12.2. The van der Waals surface area contributed by atoms with Gasteiger partial charge in [0.25, 0.3) is 0 Å². The number of fused-ring (bicyclic) bond motifs is 1.